The van der Waals surface area contributed by atoms with Crippen LogP contribution in [0.15, 0.2) is 6.07 Å². The summed E-state index contributed by atoms with van der Waals surface area (Å²) < 4.78 is 7.46. The fraction of sp³-hybridized carbons (Fsp3) is 0.722. The zero-order valence-corrected chi connectivity index (χ0v) is 16.0. The van der Waals surface area contributed by atoms with Crippen LogP contribution in [0.4, 0.5) is 4.79 Å². The first kappa shape index (κ1) is 19.3. The number of hydrogen-bond acceptors (Lipinski definition) is 4. The molecule has 2 rings (SSSR count). The minimum Gasteiger partial charge on any atom is -0.444 e. The maximum Gasteiger partial charge on any atom is 0.410 e. The third-order valence-corrected chi connectivity index (χ3v) is 4.04. The number of rotatable bonds is 4. The second-order valence-electron chi connectivity index (χ2n) is 7.75. The van der Waals surface area contributed by atoms with Crippen molar-refractivity contribution in [2.45, 2.75) is 65.1 Å². The lowest BCUT2D eigenvalue weighted by atomic mass is 10.1. The molecule has 140 valence electrons. The summed E-state index contributed by atoms with van der Waals surface area (Å²) in [6.07, 6.45) is 2.65. The molecule has 0 radical (unpaired) electrons. The predicted octanol–water partition coefficient (Wildman–Crippen LogP) is 2.43. The number of fused-ring (bicyclic) bond motifs is 1. The van der Waals surface area contributed by atoms with Gasteiger partial charge in [-0.25, -0.2) is 4.79 Å². The van der Waals surface area contributed by atoms with Crippen molar-refractivity contribution in [2.75, 3.05) is 20.6 Å². The van der Waals surface area contributed by atoms with Crippen LogP contribution in [0.2, 0.25) is 0 Å². The highest BCUT2D eigenvalue weighted by Gasteiger charge is 2.25. The van der Waals surface area contributed by atoms with E-state index in [1.54, 1.807) is 23.9 Å². The van der Waals surface area contributed by atoms with Crippen molar-refractivity contribution in [1.82, 2.24) is 19.6 Å². The van der Waals surface area contributed by atoms with Gasteiger partial charge in [0.05, 0.1) is 17.9 Å². The normalized spacial score (nSPS) is 14.7. The topological polar surface area (TPSA) is 67.7 Å². The number of nitrogens with zero attached hydrogens (tertiary/aromatic N) is 4. The highest BCUT2D eigenvalue weighted by Crippen LogP contribution is 2.18. The average molecular weight is 350 g/mol. The van der Waals surface area contributed by atoms with Crippen molar-refractivity contribution < 1.29 is 14.3 Å². The number of hydrogen-bond donors (Lipinski definition) is 0. The summed E-state index contributed by atoms with van der Waals surface area (Å²) in [6.45, 7) is 7.61. The minimum atomic E-state index is -0.492. The van der Waals surface area contributed by atoms with Crippen molar-refractivity contribution in [3.8, 4) is 0 Å². The largest absolute Gasteiger partial charge is 0.444 e. The summed E-state index contributed by atoms with van der Waals surface area (Å²) >= 11 is 0. The Morgan fingerprint density at radius 2 is 2.00 bits per heavy atom. The molecule has 25 heavy (non-hydrogen) atoms. The molecule has 7 heteroatoms. The average Bonchev–Trinajstić information content (AvgIpc) is 2.75. The van der Waals surface area contributed by atoms with E-state index in [-0.39, 0.29) is 12.0 Å². The molecule has 0 aromatic carbocycles. The quantitative estimate of drug-likeness (QED) is 0.836. The van der Waals surface area contributed by atoms with Gasteiger partial charge in [-0.2, -0.15) is 5.10 Å². The summed E-state index contributed by atoms with van der Waals surface area (Å²) in [5, 5.41) is 4.63. The number of carbonyl (C=O) groups is 2. The van der Waals surface area contributed by atoms with Crippen LogP contribution in [0.25, 0.3) is 0 Å². The zero-order valence-electron chi connectivity index (χ0n) is 16.0. The maximum atomic E-state index is 12.3. The first-order valence-corrected chi connectivity index (χ1v) is 8.89. The number of ether oxygens (including phenoxy) is 1. The Bertz CT molecular complexity index is 616. The van der Waals surface area contributed by atoms with Gasteiger partial charge in [-0.1, -0.05) is 0 Å². The molecule has 0 aliphatic carbocycles. The van der Waals surface area contributed by atoms with Gasteiger partial charge < -0.3 is 14.5 Å². The van der Waals surface area contributed by atoms with Gasteiger partial charge in [-0.3, -0.25) is 9.48 Å². The van der Waals surface area contributed by atoms with E-state index in [0.717, 1.165) is 37.2 Å². The summed E-state index contributed by atoms with van der Waals surface area (Å²) in [5.74, 6) is 0.136. The lowest BCUT2D eigenvalue weighted by Gasteiger charge is -2.26. The first-order valence-electron chi connectivity index (χ1n) is 8.89. The van der Waals surface area contributed by atoms with Crippen LogP contribution in [-0.2, 0) is 29.0 Å². The molecule has 1 aromatic rings. The van der Waals surface area contributed by atoms with E-state index in [1.165, 1.54) is 0 Å². The van der Waals surface area contributed by atoms with Crippen LogP contribution in [0, 0.1) is 0 Å². The molecular formula is C18H30N4O3. The molecule has 2 amide bonds. The number of aryl methyl sites for hydroxylation is 2. The second kappa shape index (κ2) is 7.89. The van der Waals surface area contributed by atoms with E-state index in [2.05, 4.69) is 5.10 Å². The fourth-order valence-corrected chi connectivity index (χ4v) is 2.77. The first-order chi connectivity index (χ1) is 11.7. The van der Waals surface area contributed by atoms with Crippen LogP contribution in [0.1, 0.15) is 51.4 Å². The van der Waals surface area contributed by atoms with E-state index in [0.29, 0.717) is 19.5 Å². The van der Waals surface area contributed by atoms with Gasteiger partial charge in [0, 0.05) is 33.6 Å². The van der Waals surface area contributed by atoms with Crippen molar-refractivity contribution >= 4 is 12.0 Å². The molecule has 1 aliphatic heterocycles. The van der Waals surface area contributed by atoms with Gasteiger partial charge in [0.25, 0.3) is 0 Å². The van der Waals surface area contributed by atoms with Gasteiger partial charge in [0.1, 0.15) is 5.60 Å². The molecule has 1 aliphatic rings. The highest BCUT2D eigenvalue weighted by atomic mass is 16.6. The molecule has 0 N–H and O–H groups in total. The van der Waals surface area contributed by atoms with Gasteiger partial charge in [0.15, 0.2) is 0 Å². The Morgan fingerprint density at radius 1 is 1.28 bits per heavy atom. The van der Waals surface area contributed by atoms with Crippen LogP contribution in [0.3, 0.4) is 0 Å². The third kappa shape index (κ3) is 5.76. The van der Waals surface area contributed by atoms with E-state index < -0.39 is 5.60 Å². The maximum absolute atomic E-state index is 12.3. The van der Waals surface area contributed by atoms with E-state index in [4.69, 9.17) is 4.74 Å². The number of amides is 2. The van der Waals surface area contributed by atoms with E-state index in [1.807, 2.05) is 31.5 Å². The molecule has 0 atom stereocenters. The third-order valence-electron chi connectivity index (χ3n) is 4.04. The minimum absolute atomic E-state index is 0.136. The predicted molar refractivity (Wildman–Crippen MR) is 95.1 cm³/mol. The van der Waals surface area contributed by atoms with Gasteiger partial charge in [-0.15, -0.1) is 0 Å². The van der Waals surface area contributed by atoms with Gasteiger partial charge in [-0.05, 0) is 46.1 Å². The van der Waals surface area contributed by atoms with Gasteiger partial charge in [0.2, 0.25) is 5.91 Å². The Labute approximate surface area is 149 Å². The molecule has 0 bridgehead atoms. The van der Waals surface area contributed by atoms with Crippen molar-refractivity contribution in [1.29, 1.82) is 0 Å². The van der Waals surface area contributed by atoms with Crippen LogP contribution < -0.4 is 0 Å². The molecule has 2 heterocycles. The molecule has 0 saturated heterocycles. The molecule has 1 aromatic heterocycles. The molecular weight excluding hydrogens is 320 g/mol. The SMILES string of the molecule is CN(C)C(=O)CCCc1cc2n(n1)CCCN(C(=O)OC(C)(C)C)C2. The number of aromatic nitrogens is 2. The van der Waals surface area contributed by atoms with Crippen molar-refractivity contribution in [3.63, 3.8) is 0 Å². The molecule has 0 unspecified atom stereocenters. The van der Waals surface area contributed by atoms with Crippen LogP contribution in [-0.4, -0.2) is 57.8 Å². The standard InChI is InChI=1S/C18H30N4O3/c1-18(2,3)25-17(24)21-10-7-11-22-15(13-21)12-14(19-22)8-6-9-16(23)20(4)5/h12H,6-11,13H2,1-5H3. The zero-order chi connectivity index (χ0) is 18.6. The molecule has 7 nitrogen and oxygen atoms in total. The Kier molecular flexibility index (Phi) is 6.08. The van der Waals surface area contributed by atoms with Crippen molar-refractivity contribution in [3.05, 3.63) is 17.5 Å². The lowest BCUT2D eigenvalue weighted by molar-refractivity contribution is -0.128. The Morgan fingerprint density at radius 3 is 2.64 bits per heavy atom. The Balaban J connectivity index is 1.96. The van der Waals surface area contributed by atoms with Crippen molar-refractivity contribution in [2.24, 2.45) is 0 Å². The monoisotopic (exact) mass is 350 g/mol. The summed E-state index contributed by atoms with van der Waals surface area (Å²) in [7, 11) is 3.54. The van der Waals surface area contributed by atoms with Gasteiger partial charge >= 0.3 is 6.09 Å². The van der Waals surface area contributed by atoms with Crippen LogP contribution in [0.5, 0.6) is 0 Å². The Hall–Kier alpha value is -2.05. The molecule has 0 saturated carbocycles. The molecule has 0 spiro atoms. The second-order valence-corrected chi connectivity index (χ2v) is 7.75. The highest BCUT2D eigenvalue weighted by molar-refractivity contribution is 5.75. The number of carbonyl (C=O) groups excluding carboxylic acids is 2. The van der Waals surface area contributed by atoms with E-state index in [9.17, 15) is 9.59 Å². The summed E-state index contributed by atoms with van der Waals surface area (Å²) in [6, 6.07) is 2.04. The lowest BCUT2D eigenvalue weighted by Crippen LogP contribution is -2.36. The molecule has 0 fully saturated rings. The fourth-order valence-electron chi connectivity index (χ4n) is 2.77. The summed E-state index contributed by atoms with van der Waals surface area (Å²) in [5.41, 5.74) is 1.51. The summed E-state index contributed by atoms with van der Waals surface area (Å²) in [4.78, 5) is 27.3. The van der Waals surface area contributed by atoms with E-state index >= 15 is 0 Å². The van der Waals surface area contributed by atoms with Crippen LogP contribution >= 0.6 is 0 Å². The smallest absolute Gasteiger partial charge is 0.410 e.